The second-order valence-corrected chi connectivity index (χ2v) is 4.99. The third-order valence-corrected chi connectivity index (χ3v) is 3.73. The van der Waals surface area contributed by atoms with Crippen LogP contribution in [0, 0.1) is 34.4 Å². The van der Waals surface area contributed by atoms with Gasteiger partial charge in [-0.3, -0.25) is 4.99 Å². The fraction of sp³-hybridized carbons (Fsp3) is 0.267. The molecule has 5 heteroatoms. The molecule has 0 aromatic heterocycles. The molecule has 2 atom stereocenters. The summed E-state index contributed by atoms with van der Waals surface area (Å²) in [5.41, 5.74) is 1.54. The predicted octanol–water partition coefficient (Wildman–Crippen LogP) is 3.97. The van der Waals surface area contributed by atoms with Gasteiger partial charge in [-0.05, 0) is 26.0 Å². The highest BCUT2D eigenvalue weighted by atomic mass is 35.5. The highest BCUT2D eigenvalue weighted by Crippen LogP contribution is 2.41. The molecule has 100 valence electrons. The molecule has 0 aliphatic carbocycles. The Labute approximate surface area is 121 Å². The van der Waals surface area contributed by atoms with Gasteiger partial charge in [-0.1, -0.05) is 17.7 Å². The number of aliphatic imine (C=N–C) groups is 1. The summed E-state index contributed by atoms with van der Waals surface area (Å²) in [5, 5.41) is 18.9. The Morgan fingerprint density at radius 3 is 2.55 bits per heavy atom. The lowest BCUT2D eigenvalue weighted by Crippen LogP contribution is -2.25. The van der Waals surface area contributed by atoms with E-state index in [0.29, 0.717) is 11.4 Å². The lowest BCUT2D eigenvalue weighted by atomic mass is 9.76. The molecule has 1 heterocycles. The summed E-state index contributed by atoms with van der Waals surface area (Å²) in [6.45, 7) is 3.38. The second kappa shape index (κ2) is 5.45. The summed E-state index contributed by atoms with van der Waals surface area (Å²) in [6, 6.07) is 8.47. The molecule has 0 spiro atoms. The highest BCUT2D eigenvalue weighted by molar-refractivity contribution is 6.31. The number of allylic oxidation sites excluding steroid dienone is 2. The van der Waals surface area contributed by atoms with Gasteiger partial charge in [0.15, 0.2) is 0 Å². The van der Waals surface area contributed by atoms with Crippen molar-refractivity contribution in [2.24, 2.45) is 10.9 Å². The zero-order valence-electron chi connectivity index (χ0n) is 11.0. The summed E-state index contributed by atoms with van der Waals surface area (Å²) in [6.07, 6.45) is 0. The molecule has 1 aromatic rings. The number of benzene rings is 1. The third-order valence-electron chi connectivity index (χ3n) is 3.40. The molecule has 0 N–H and O–H groups in total. The number of halogens is 2. The van der Waals surface area contributed by atoms with Gasteiger partial charge in [0.05, 0.1) is 29.3 Å². The molecule has 0 amide bonds. The molecule has 0 radical (unpaired) electrons. The van der Waals surface area contributed by atoms with Gasteiger partial charge in [-0.15, -0.1) is 0 Å². The lowest BCUT2D eigenvalue weighted by molar-refractivity contribution is 0.581. The Bertz CT molecular complexity index is 687. The van der Waals surface area contributed by atoms with Crippen LogP contribution in [0.2, 0.25) is 5.02 Å². The van der Waals surface area contributed by atoms with E-state index in [1.165, 1.54) is 12.1 Å². The maximum atomic E-state index is 14.1. The van der Waals surface area contributed by atoms with Crippen molar-refractivity contribution in [2.45, 2.75) is 19.8 Å². The largest absolute Gasteiger partial charge is 0.260 e. The van der Waals surface area contributed by atoms with E-state index in [9.17, 15) is 14.9 Å². The first-order valence-electron chi connectivity index (χ1n) is 6.00. The SMILES string of the molecule is CC1=NC(C)=C(C#N)[C@@H](c2c(F)cccc2Cl)C1C#N. The number of hydrogen-bond donors (Lipinski definition) is 0. The van der Waals surface area contributed by atoms with Crippen LogP contribution in [0.25, 0.3) is 0 Å². The van der Waals surface area contributed by atoms with Gasteiger partial charge in [0.1, 0.15) is 5.82 Å². The number of nitrogens with zero attached hydrogens (tertiary/aromatic N) is 3. The van der Waals surface area contributed by atoms with Crippen LogP contribution < -0.4 is 0 Å². The van der Waals surface area contributed by atoms with E-state index in [0.717, 1.165) is 0 Å². The van der Waals surface area contributed by atoms with E-state index in [-0.39, 0.29) is 16.2 Å². The minimum absolute atomic E-state index is 0.186. The standard InChI is InChI=1S/C15H11ClFN3/c1-8-10(6-18)14(11(7-19)9(2)20-8)15-12(16)4-3-5-13(15)17/h3-5,10,14H,1-2H3/t10?,14-/m0/s1. The van der Waals surface area contributed by atoms with Gasteiger partial charge < -0.3 is 0 Å². The Morgan fingerprint density at radius 2 is 2.00 bits per heavy atom. The fourth-order valence-corrected chi connectivity index (χ4v) is 2.74. The zero-order chi connectivity index (χ0) is 14.9. The molecule has 3 nitrogen and oxygen atoms in total. The van der Waals surface area contributed by atoms with Crippen LogP contribution in [-0.4, -0.2) is 5.71 Å². The molecule has 0 bridgehead atoms. The van der Waals surface area contributed by atoms with Crippen LogP contribution in [0.4, 0.5) is 4.39 Å². The smallest absolute Gasteiger partial charge is 0.128 e. The van der Waals surface area contributed by atoms with E-state index >= 15 is 0 Å². The second-order valence-electron chi connectivity index (χ2n) is 4.58. The van der Waals surface area contributed by atoms with Crippen molar-refractivity contribution >= 4 is 17.3 Å². The molecular weight excluding hydrogens is 277 g/mol. The van der Waals surface area contributed by atoms with E-state index in [4.69, 9.17) is 11.6 Å². The van der Waals surface area contributed by atoms with Crippen LogP contribution in [0.1, 0.15) is 25.3 Å². The van der Waals surface area contributed by atoms with Gasteiger partial charge in [-0.25, -0.2) is 4.39 Å². The minimum atomic E-state index is -0.712. The van der Waals surface area contributed by atoms with Gasteiger partial charge in [0.2, 0.25) is 0 Å². The van der Waals surface area contributed by atoms with E-state index in [2.05, 4.69) is 11.1 Å². The van der Waals surface area contributed by atoms with Gasteiger partial charge in [0, 0.05) is 22.2 Å². The van der Waals surface area contributed by atoms with Crippen molar-refractivity contribution in [3.8, 4) is 12.1 Å². The Kier molecular flexibility index (Phi) is 3.88. The van der Waals surface area contributed by atoms with Crippen molar-refractivity contribution in [1.29, 1.82) is 10.5 Å². The first kappa shape index (κ1) is 14.2. The quantitative estimate of drug-likeness (QED) is 0.784. The molecule has 0 saturated carbocycles. The summed E-state index contributed by atoms with van der Waals surface area (Å²) in [7, 11) is 0. The van der Waals surface area contributed by atoms with E-state index in [1.807, 2.05) is 6.07 Å². The minimum Gasteiger partial charge on any atom is -0.260 e. The maximum Gasteiger partial charge on any atom is 0.128 e. The van der Waals surface area contributed by atoms with E-state index < -0.39 is 17.7 Å². The van der Waals surface area contributed by atoms with Crippen LogP contribution in [0.5, 0.6) is 0 Å². The third kappa shape index (κ3) is 2.19. The molecule has 0 fully saturated rings. The summed E-state index contributed by atoms with van der Waals surface area (Å²) in [5.74, 6) is -1.92. The van der Waals surface area contributed by atoms with Crippen molar-refractivity contribution in [3.63, 3.8) is 0 Å². The molecule has 1 unspecified atom stereocenters. The lowest BCUT2D eigenvalue weighted by Gasteiger charge is -2.27. The predicted molar refractivity (Wildman–Crippen MR) is 74.7 cm³/mol. The van der Waals surface area contributed by atoms with Crippen LogP contribution >= 0.6 is 11.6 Å². The van der Waals surface area contributed by atoms with Crippen molar-refractivity contribution in [2.75, 3.05) is 0 Å². The van der Waals surface area contributed by atoms with Gasteiger partial charge >= 0.3 is 0 Å². The van der Waals surface area contributed by atoms with E-state index in [1.54, 1.807) is 19.9 Å². The fourth-order valence-electron chi connectivity index (χ4n) is 2.46. The molecule has 1 aromatic carbocycles. The van der Waals surface area contributed by atoms with Gasteiger partial charge in [-0.2, -0.15) is 10.5 Å². The normalized spacial score (nSPS) is 22.0. The Balaban J connectivity index is 2.73. The van der Waals surface area contributed by atoms with Crippen LogP contribution in [-0.2, 0) is 0 Å². The summed E-state index contributed by atoms with van der Waals surface area (Å²) >= 11 is 6.08. The monoisotopic (exact) mass is 287 g/mol. The van der Waals surface area contributed by atoms with Gasteiger partial charge in [0.25, 0.3) is 0 Å². The molecule has 0 saturated heterocycles. The molecule has 20 heavy (non-hydrogen) atoms. The molecule has 1 aliphatic rings. The Hall–Kier alpha value is -2.17. The highest BCUT2D eigenvalue weighted by Gasteiger charge is 2.36. The van der Waals surface area contributed by atoms with Crippen LogP contribution in [0.15, 0.2) is 34.5 Å². The average molecular weight is 288 g/mol. The molecule has 2 rings (SSSR count). The zero-order valence-corrected chi connectivity index (χ0v) is 11.7. The number of nitriles is 2. The van der Waals surface area contributed by atoms with Crippen LogP contribution in [0.3, 0.4) is 0 Å². The van der Waals surface area contributed by atoms with Crippen molar-refractivity contribution in [3.05, 3.63) is 45.9 Å². The topological polar surface area (TPSA) is 59.9 Å². The molecular formula is C15H11ClFN3. The maximum absolute atomic E-state index is 14.1. The van der Waals surface area contributed by atoms with Crippen molar-refractivity contribution < 1.29 is 4.39 Å². The average Bonchev–Trinajstić information content (AvgIpc) is 2.38. The first-order chi connectivity index (χ1) is 9.51. The number of rotatable bonds is 1. The Morgan fingerprint density at radius 1 is 1.30 bits per heavy atom. The summed E-state index contributed by atoms with van der Waals surface area (Å²) < 4.78 is 14.1. The summed E-state index contributed by atoms with van der Waals surface area (Å²) in [4.78, 5) is 4.21. The first-order valence-corrected chi connectivity index (χ1v) is 6.38. The molecule has 1 aliphatic heterocycles. The number of hydrogen-bond acceptors (Lipinski definition) is 3. The van der Waals surface area contributed by atoms with Crippen molar-refractivity contribution in [1.82, 2.24) is 0 Å².